The van der Waals surface area contributed by atoms with Crippen LogP contribution >= 0.6 is 11.3 Å². The summed E-state index contributed by atoms with van der Waals surface area (Å²) in [6, 6.07) is 12.4. The minimum Gasteiger partial charge on any atom is -0.450 e. The van der Waals surface area contributed by atoms with E-state index in [0.717, 1.165) is 53.5 Å². The number of amides is 2. The van der Waals surface area contributed by atoms with Gasteiger partial charge in [0.15, 0.2) is 0 Å². The molecular weight excluding hydrogens is 536 g/mol. The second-order valence-corrected chi connectivity index (χ2v) is 12.7. The van der Waals surface area contributed by atoms with E-state index in [4.69, 9.17) is 10.5 Å². The number of aliphatic hydroxyl groups is 1. The first kappa shape index (κ1) is 29.2. The Bertz CT molecular complexity index is 1360. The lowest BCUT2D eigenvalue weighted by atomic mass is 9.63. The van der Waals surface area contributed by atoms with E-state index in [1.54, 1.807) is 23.3 Å². The average molecular weight is 577 g/mol. The van der Waals surface area contributed by atoms with Crippen LogP contribution in [0.2, 0.25) is 0 Å². The highest BCUT2D eigenvalue weighted by Crippen LogP contribution is 2.46. The first-order valence-corrected chi connectivity index (χ1v) is 15.4. The van der Waals surface area contributed by atoms with Gasteiger partial charge >= 0.3 is 6.09 Å². The summed E-state index contributed by atoms with van der Waals surface area (Å²) in [5.74, 6) is 0.767. The van der Waals surface area contributed by atoms with Gasteiger partial charge in [-0.25, -0.2) is 9.78 Å². The Morgan fingerprint density at radius 1 is 1.12 bits per heavy atom. The fraction of sp³-hybridized carbons (Fsp3) is 0.469. The highest BCUT2D eigenvalue weighted by Gasteiger charge is 2.49. The highest BCUT2D eigenvalue weighted by atomic mass is 32.1. The van der Waals surface area contributed by atoms with E-state index in [-0.39, 0.29) is 24.0 Å². The molecule has 41 heavy (non-hydrogen) atoms. The number of rotatable bonds is 8. The molecule has 2 fully saturated rings. The number of hydrogen-bond acceptors (Lipinski definition) is 7. The summed E-state index contributed by atoms with van der Waals surface area (Å²) < 4.78 is 5.12. The summed E-state index contributed by atoms with van der Waals surface area (Å²) in [6.07, 6.45) is 6.58. The molecule has 2 aromatic heterocycles. The van der Waals surface area contributed by atoms with Crippen LogP contribution in [0.25, 0.3) is 22.3 Å². The number of hydrogen-bond donors (Lipinski definition) is 3. The van der Waals surface area contributed by atoms with Gasteiger partial charge in [-0.15, -0.1) is 0 Å². The lowest BCUT2D eigenvalue weighted by Gasteiger charge is -2.49. The zero-order valence-electron chi connectivity index (χ0n) is 24.1. The Kier molecular flexibility index (Phi) is 8.50. The zero-order chi connectivity index (χ0) is 29.2. The van der Waals surface area contributed by atoms with Crippen molar-refractivity contribution in [2.45, 2.75) is 76.0 Å². The van der Waals surface area contributed by atoms with Gasteiger partial charge in [-0.3, -0.25) is 4.79 Å². The number of anilines is 1. The van der Waals surface area contributed by atoms with Crippen molar-refractivity contribution in [2.24, 2.45) is 11.7 Å². The SMILES string of the molecule is CCOC(=O)N(C)[C@H]1CC[C@H](CC(=O)Nc2cc(-c3ccsc3)c(-c3ccc([C@]4(N)C[C@](C)(O)C4)cc3)cn2)CC1. The van der Waals surface area contributed by atoms with Crippen molar-refractivity contribution in [3.63, 3.8) is 0 Å². The minimum atomic E-state index is -0.704. The molecule has 1 aromatic carbocycles. The van der Waals surface area contributed by atoms with E-state index in [2.05, 4.69) is 33.9 Å². The molecule has 2 amide bonds. The summed E-state index contributed by atoms with van der Waals surface area (Å²) in [6.45, 7) is 4.00. The monoisotopic (exact) mass is 576 g/mol. The van der Waals surface area contributed by atoms with Crippen LogP contribution in [0.4, 0.5) is 10.6 Å². The molecule has 0 spiro atoms. The smallest absolute Gasteiger partial charge is 0.409 e. The lowest BCUT2D eigenvalue weighted by Crippen LogP contribution is -2.58. The molecule has 0 saturated heterocycles. The minimum absolute atomic E-state index is 0.0438. The Morgan fingerprint density at radius 2 is 1.83 bits per heavy atom. The van der Waals surface area contributed by atoms with Gasteiger partial charge < -0.3 is 25.8 Å². The molecule has 218 valence electrons. The van der Waals surface area contributed by atoms with Gasteiger partial charge in [0, 0.05) is 36.8 Å². The van der Waals surface area contributed by atoms with Crippen LogP contribution in [0.15, 0.2) is 53.4 Å². The standard InChI is InChI=1S/C32H40N4O4S/c1-4-40-30(38)36(3)25-11-5-21(6-12-25)15-29(37)35-28-16-26(23-13-14-41-18-23)27(17-34-28)22-7-9-24(10-8-22)32(33)19-31(2,39)20-32/h7-10,13-14,16-18,21,25,39H,4-6,11-12,15,19-20,33H2,1-3H3,(H,34,35,37)/t21-,25-,31-,32-. The quantitative estimate of drug-likeness (QED) is 0.296. The second kappa shape index (κ2) is 11.9. The first-order chi connectivity index (χ1) is 19.6. The maximum atomic E-state index is 13.0. The molecule has 2 aliphatic carbocycles. The van der Waals surface area contributed by atoms with Gasteiger partial charge in [-0.05, 0) is 103 Å². The lowest BCUT2D eigenvalue weighted by molar-refractivity contribution is -0.117. The predicted molar refractivity (Wildman–Crippen MR) is 162 cm³/mol. The Hall–Kier alpha value is -3.27. The van der Waals surface area contributed by atoms with Crippen molar-refractivity contribution >= 4 is 29.2 Å². The van der Waals surface area contributed by atoms with Gasteiger partial charge in [0.05, 0.1) is 12.2 Å². The van der Waals surface area contributed by atoms with Gasteiger partial charge in [-0.1, -0.05) is 24.3 Å². The van der Waals surface area contributed by atoms with Gasteiger partial charge in [-0.2, -0.15) is 11.3 Å². The van der Waals surface area contributed by atoms with E-state index in [9.17, 15) is 14.7 Å². The Labute approximate surface area is 245 Å². The average Bonchev–Trinajstić information content (AvgIpc) is 3.47. The summed E-state index contributed by atoms with van der Waals surface area (Å²) in [5, 5.41) is 17.3. The molecule has 0 aliphatic heterocycles. The maximum absolute atomic E-state index is 13.0. The first-order valence-electron chi connectivity index (χ1n) is 14.4. The molecule has 0 radical (unpaired) electrons. The molecule has 3 aromatic rings. The van der Waals surface area contributed by atoms with E-state index < -0.39 is 11.1 Å². The van der Waals surface area contributed by atoms with Crippen LogP contribution in [0, 0.1) is 5.92 Å². The predicted octanol–water partition coefficient (Wildman–Crippen LogP) is 6.15. The Morgan fingerprint density at radius 3 is 2.44 bits per heavy atom. The fourth-order valence-electron chi connectivity index (χ4n) is 6.47. The number of thiophene rings is 1. The van der Waals surface area contributed by atoms with Gasteiger partial charge in [0.25, 0.3) is 0 Å². The summed E-state index contributed by atoms with van der Waals surface area (Å²) in [4.78, 5) is 31.3. The fourth-order valence-corrected chi connectivity index (χ4v) is 7.13. The normalized spacial score (nSPS) is 25.7. The number of nitrogens with zero attached hydrogens (tertiary/aromatic N) is 2. The molecule has 5 rings (SSSR count). The molecule has 4 N–H and O–H groups in total. The zero-order valence-corrected chi connectivity index (χ0v) is 24.9. The molecule has 8 nitrogen and oxygen atoms in total. The number of nitrogens with one attached hydrogen (secondary N) is 1. The third-order valence-electron chi connectivity index (χ3n) is 8.56. The van der Waals surface area contributed by atoms with Crippen LogP contribution in [0.5, 0.6) is 0 Å². The van der Waals surface area contributed by atoms with E-state index >= 15 is 0 Å². The molecular formula is C32H40N4O4S. The molecule has 9 heteroatoms. The van der Waals surface area contributed by atoms with Crippen molar-refractivity contribution in [3.05, 3.63) is 58.9 Å². The number of aromatic nitrogens is 1. The molecule has 2 aliphatic rings. The molecule has 2 saturated carbocycles. The number of nitrogens with two attached hydrogens (primary N) is 1. The molecule has 0 bridgehead atoms. The van der Waals surface area contributed by atoms with Crippen LogP contribution in [0.3, 0.4) is 0 Å². The summed E-state index contributed by atoms with van der Waals surface area (Å²) in [7, 11) is 1.79. The van der Waals surface area contributed by atoms with E-state index in [1.807, 2.05) is 43.6 Å². The number of carbonyl (C=O) groups is 2. The number of ether oxygens (including phenoxy) is 1. The molecule has 0 unspecified atom stereocenters. The third-order valence-corrected chi connectivity index (χ3v) is 9.24. The molecule has 0 atom stereocenters. The van der Waals surface area contributed by atoms with Gasteiger partial charge in [0.1, 0.15) is 5.82 Å². The van der Waals surface area contributed by atoms with Crippen molar-refractivity contribution in [3.8, 4) is 22.3 Å². The van der Waals surface area contributed by atoms with Crippen molar-refractivity contribution in [1.29, 1.82) is 0 Å². The largest absolute Gasteiger partial charge is 0.450 e. The number of carbonyl (C=O) groups excluding carboxylic acids is 2. The summed E-state index contributed by atoms with van der Waals surface area (Å²) in [5.41, 5.74) is 10.4. The van der Waals surface area contributed by atoms with Crippen LogP contribution in [-0.4, -0.2) is 52.3 Å². The van der Waals surface area contributed by atoms with Crippen LogP contribution in [-0.2, 0) is 15.1 Å². The van der Waals surface area contributed by atoms with E-state index in [0.29, 0.717) is 31.7 Å². The summed E-state index contributed by atoms with van der Waals surface area (Å²) >= 11 is 1.62. The van der Waals surface area contributed by atoms with Crippen LogP contribution < -0.4 is 11.1 Å². The Balaban J connectivity index is 1.24. The second-order valence-electron chi connectivity index (χ2n) is 11.9. The van der Waals surface area contributed by atoms with Crippen molar-refractivity contribution in [2.75, 3.05) is 19.0 Å². The molecule has 2 heterocycles. The maximum Gasteiger partial charge on any atom is 0.409 e. The number of benzene rings is 1. The third kappa shape index (κ3) is 6.63. The highest BCUT2D eigenvalue weighted by molar-refractivity contribution is 7.08. The van der Waals surface area contributed by atoms with Crippen molar-refractivity contribution < 1.29 is 19.4 Å². The number of pyridine rings is 1. The van der Waals surface area contributed by atoms with E-state index in [1.165, 1.54) is 0 Å². The van der Waals surface area contributed by atoms with Gasteiger partial charge in [0.2, 0.25) is 5.91 Å². The topological polar surface area (TPSA) is 118 Å². The van der Waals surface area contributed by atoms with Crippen LogP contribution in [0.1, 0.15) is 64.4 Å². The van der Waals surface area contributed by atoms with Crippen molar-refractivity contribution in [1.82, 2.24) is 9.88 Å².